The van der Waals surface area contributed by atoms with Crippen molar-refractivity contribution < 1.29 is 4.79 Å². The third-order valence-electron chi connectivity index (χ3n) is 4.07. The number of anilines is 1. The number of hydrogen-bond donors (Lipinski definition) is 2. The third kappa shape index (κ3) is 7.43. The van der Waals surface area contributed by atoms with Crippen molar-refractivity contribution in [2.24, 2.45) is 4.99 Å². The molecule has 0 atom stereocenters. The molecule has 7 heteroatoms. The maximum absolute atomic E-state index is 11.8. The van der Waals surface area contributed by atoms with Gasteiger partial charge in [-0.25, -0.2) is 0 Å². The molecule has 1 amide bonds. The van der Waals surface area contributed by atoms with E-state index in [0.717, 1.165) is 44.1 Å². The monoisotopic (exact) mass is 476 g/mol. The highest BCUT2D eigenvalue weighted by atomic mass is 127. The van der Waals surface area contributed by atoms with Crippen LogP contribution in [0.5, 0.6) is 0 Å². The third-order valence-corrected chi connectivity index (χ3v) is 4.77. The first-order valence-electron chi connectivity index (χ1n) is 8.57. The number of guanidine groups is 1. The lowest BCUT2D eigenvalue weighted by molar-refractivity contribution is -0.117. The van der Waals surface area contributed by atoms with Gasteiger partial charge in [0.25, 0.3) is 0 Å². The van der Waals surface area contributed by atoms with Gasteiger partial charge in [0.15, 0.2) is 5.96 Å². The number of nitrogens with zero attached hydrogens (tertiary/aromatic N) is 2. The molecule has 0 spiro atoms. The summed E-state index contributed by atoms with van der Waals surface area (Å²) in [5.74, 6) is 2.27. The predicted molar refractivity (Wildman–Crippen MR) is 119 cm³/mol. The molecule has 1 aromatic rings. The van der Waals surface area contributed by atoms with Crippen molar-refractivity contribution in [3.05, 3.63) is 29.8 Å². The van der Waals surface area contributed by atoms with Gasteiger partial charge in [-0.1, -0.05) is 12.1 Å². The van der Waals surface area contributed by atoms with Gasteiger partial charge in [-0.15, -0.1) is 24.0 Å². The van der Waals surface area contributed by atoms with E-state index in [9.17, 15) is 4.79 Å². The average molecular weight is 476 g/mol. The van der Waals surface area contributed by atoms with Crippen molar-refractivity contribution in [1.82, 2.24) is 10.6 Å². The van der Waals surface area contributed by atoms with Gasteiger partial charge >= 0.3 is 0 Å². The first-order valence-corrected chi connectivity index (χ1v) is 9.96. The highest BCUT2D eigenvalue weighted by Gasteiger charge is 2.21. The summed E-state index contributed by atoms with van der Waals surface area (Å²) in [5, 5.41) is 6.66. The minimum Gasteiger partial charge on any atom is -0.356 e. The minimum atomic E-state index is 0. The summed E-state index contributed by atoms with van der Waals surface area (Å²) in [4.78, 5) is 17.9. The lowest BCUT2D eigenvalue weighted by Gasteiger charge is -2.16. The molecule has 1 aliphatic heterocycles. The number of halogens is 1. The molecule has 140 valence electrons. The fourth-order valence-electron chi connectivity index (χ4n) is 2.70. The van der Waals surface area contributed by atoms with E-state index in [1.165, 1.54) is 17.7 Å². The molecule has 5 nitrogen and oxygen atoms in total. The van der Waals surface area contributed by atoms with E-state index in [0.29, 0.717) is 6.42 Å². The Morgan fingerprint density at radius 1 is 1.24 bits per heavy atom. The minimum absolute atomic E-state index is 0. The molecule has 0 radical (unpaired) electrons. The van der Waals surface area contributed by atoms with Crippen LogP contribution in [0, 0.1) is 0 Å². The van der Waals surface area contributed by atoms with E-state index in [-0.39, 0.29) is 29.9 Å². The number of rotatable bonds is 8. The first kappa shape index (κ1) is 22.1. The van der Waals surface area contributed by atoms with Crippen LogP contribution in [0.1, 0.15) is 31.2 Å². The van der Waals surface area contributed by atoms with Gasteiger partial charge in [0.1, 0.15) is 0 Å². The Bertz CT molecular complexity index is 551. The average Bonchev–Trinajstić information content (AvgIpc) is 3.04. The highest BCUT2D eigenvalue weighted by Crippen LogP contribution is 2.21. The molecular weight excluding hydrogens is 447 g/mol. The zero-order chi connectivity index (χ0) is 17.2. The van der Waals surface area contributed by atoms with Crippen molar-refractivity contribution in [3.63, 3.8) is 0 Å². The van der Waals surface area contributed by atoms with Crippen LogP contribution in [-0.2, 0) is 11.3 Å². The second-order valence-corrected chi connectivity index (χ2v) is 6.85. The number of nitrogens with one attached hydrogen (secondary N) is 2. The maximum atomic E-state index is 11.8. The smallest absolute Gasteiger partial charge is 0.227 e. The zero-order valence-electron chi connectivity index (χ0n) is 15.1. The van der Waals surface area contributed by atoms with Gasteiger partial charge in [-0.05, 0) is 49.0 Å². The van der Waals surface area contributed by atoms with Crippen molar-refractivity contribution in [2.75, 3.05) is 37.0 Å². The Balaban J connectivity index is 0.00000312. The molecule has 2 rings (SSSR count). The summed E-state index contributed by atoms with van der Waals surface area (Å²) >= 11 is 1.89. The largest absolute Gasteiger partial charge is 0.356 e. The van der Waals surface area contributed by atoms with Crippen LogP contribution in [0.25, 0.3) is 0 Å². The van der Waals surface area contributed by atoms with Crippen LogP contribution in [0.2, 0.25) is 0 Å². The Morgan fingerprint density at radius 2 is 2.00 bits per heavy atom. The molecule has 0 bridgehead atoms. The van der Waals surface area contributed by atoms with E-state index in [4.69, 9.17) is 0 Å². The molecule has 0 unspecified atom stereocenters. The van der Waals surface area contributed by atoms with Crippen LogP contribution in [-0.4, -0.2) is 44.0 Å². The van der Waals surface area contributed by atoms with Gasteiger partial charge in [0, 0.05) is 38.8 Å². The summed E-state index contributed by atoms with van der Waals surface area (Å²) in [6.45, 7) is 2.50. The molecule has 25 heavy (non-hydrogen) atoms. The zero-order valence-corrected chi connectivity index (χ0v) is 18.2. The summed E-state index contributed by atoms with van der Waals surface area (Å²) < 4.78 is 0. The van der Waals surface area contributed by atoms with Crippen LogP contribution in [0.15, 0.2) is 29.3 Å². The second kappa shape index (κ2) is 12.4. The molecule has 1 heterocycles. The molecule has 0 aliphatic carbocycles. The Kier molecular flexibility index (Phi) is 11.0. The van der Waals surface area contributed by atoms with Crippen LogP contribution in [0.3, 0.4) is 0 Å². The molecule has 1 aliphatic rings. The summed E-state index contributed by atoms with van der Waals surface area (Å²) in [5.41, 5.74) is 2.17. The molecule has 0 aromatic heterocycles. The number of carbonyl (C=O) groups excluding carboxylic acids is 1. The van der Waals surface area contributed by atoms with Gasteiger partial charge in [0.2, 0.25) is 5.91 Å². The van der Waals surface area contributed by atoms with Gasteiger partial charge in [-0.2, -0.15) is 11.8 Å². The topological polar surface area (TPSA) is 56.7 Å². The Morgan fingerprint density at radius 3 is 2.60 bits per heavy atom. The fraction of sp³-hybridized carbons (Fsp3) is 0.556. The van der Waals surface area contributed by atoms with Gasteiger partial charge in [-0.3, -0.25) is 9.79 Å². The Hall–Kier alpha value is -0.960. The standard InChI is InChI=1S/C18H28N4OS.HI/c1-19-18(20-11-3-4-13-24-2)21-14-15-7-9-16(10-8-15)22-12-5-6-17(22)23;/h7-10H,3-6,11-14H2,1-2H3,(H2,19,20,21);1H. The summed E-state index contributed by atoms with van der Waals surface area (Å²) in [7, 11) is 1.79. The van der Waals surface area contributed by atoms with E-state index in [2.05, 4.69) is 34.0 Å². The number of aliphatic imine (C=N–C) groups is 1. The van der Waals surface area contributed by atoms with Gasteiger partial charge in [0.05, 0.1) is 0 Å². The molecule has 1 saturated heterocycles. The number of carbonyl (C=O) groups is 1. The number of amides is 1. The highest BCUT2D eigenvalue weighted by molar-refractivity contribution is 14.0. The molecular formula is C18H29IN4OS. The number of hydrogen-bond acceptors (Lipinski definition) is 3. The van der Waals surface area contributed by atoms with Crippen LogP contribution >= 0.6 is 35.7 Å². The second-order valence-electron chi connectivity index (χ2n) is 5.87. The van der Waals surface area contributed by atoms with Crippen LogP contribution < -0.4 is 15.5 Å². The SMILES string of the molecule is CN=C(NCCCCSC)NCc1ccc(N2CCCC2=O)cc1.I. The van der Waals surface area contributed by atoms with E-state index in [1.807, 2.05) is 28.8 Å². The van der Waals surface area contributed by atoms with Crippen molar-refractivity contribution >= 4 is 53.3 Å². The van der Waals surface area contributed by atoms with E-state index >= 15 is 0 Å². The number of benzene rings is 1. The van der Waals surface area contributed by atoms with Gasteiger partial charge < -0.3 is 15.5 Å². The van der Waals surface area contributed by atoms with E-state index in [1.54, 1.807) is 7.05 Å². The predicted octanol–water partition coefficient (Wildman–Crippen LogP) is 3.24. The Labute approximate surface area is 172 Å². The fourth-order valence-corrected chi connectivity index (χ4v) is 3.19. The summed E-state index contributed by atoms with van der Waals surface area (Å²) in [6, 6.07) is 8.19. The normalized spacial score (nSPS) is 14.4. The number of unbranched alkanes of at least 4 members (excludes halogenated alkanes) is 1. The van der Waals surface area contributed by atoms with Crippen molar-refractivity contribution in [2.45, 2.75) is 32.2 Å². The number of thioether (sulfide) groups is 1. The molecule has 1 aromatic carbocycles. The lowest BCUT2D eigenvalue weighted by Crippen LogP contribution is -2.37. The quantitative estimate of drug-likeness (QED) is 0.262. The first-order chi connectivity index (χ1) is 11.7. The molecule has 0 saturated carbocycles. The van der Waals surface area contributed by atoms with Crippen molar-refractivity contribution in [3.8, 4) is 0 Å². The lowest BCUT2D eigenvalue weighted by atomic mass is 10.2. The molecule has 2 N–H and O–H groups in total. The summed E-state index contributed by atoms with van der Waals surface area (Å²) in [6.07, 6.45) is 6.14. The van der Waals surface area contributed by atoms with E-state index < -0.39 is 0 Å². The molecule has 1 fully saturated rings. The van der Waals surface area contributed by atoms with Crippen LogP contribution in [0.4, 0.5) is 5.69 Å². The van der Waals surface area contributed by atoms with Crippen molar-refractivity contribution in [1.29, 1.82) is 0 Å². The maximum Gasteiger partial charge on any atom is 0.227 e.